The predicted octanol–water partition coefficient (Wildman–Crippen LogP) is -1.34. The molecule has 3 amide bonds. The van der Waals surface area contributed by atoms with Gasteiger partial charge in [0.05, 0.1) is 18.8 Å². The van der Waals surface area contributed by atoms with Crippen LogP contribution < -0.4 is 27.4 Å². The highest BCUT2D eigenvalue weighted by Crippen LogP contribution is 2.07. The average Bonchev–Trinajstić information content (AvgIpc) is 3.40. The third-order valence-electron chi connectivity index (χ3n) is 5.82. The Balaban J connectivity index is 2.11. The minimum atomic E-state index is -1.61. The first-order valence-corrected chi connectivity index (χ1v) is 12.4. The number of imidazole rings is 1. The molecule has 0 fully saturated rings. The summed E-state index contributed by atoms with van der Waals surface area (Å²) in [5.41, 5.74) is 12.8. The zero-order chi connectivity index (χ0) is 28.8. The molecule has 4 atom stereocenters. The maximum Gasteiger partial charge on any atom is 0.326 e. The van der Waals surface area contributed by atoms with Crippen molar-refractivity contribution in [3.05, 3.63) is 54.1 Å². The number of nitrogens with two attached hydrogens (primary N) is 2. The third-order valence-corrected chi connectivity index (χ3v) is 5.82. The average molecular weight is 546 g/mol. The van der Waals surface area contributed by atoms with Crippen molar-refractivity contribution in [2.45, 2.75) is 62.7 Å². The standard InChI is InChI=1S/C25H35N7O7/c26-9-5-4-8-18(30-22(35)17(27)10-15-6-2-1-3-7-15)23(36)31-19(12-21(33)34)24(37)32-20(25(38)39)11-16-13-28-14-29-16/h1-3,6-7,13-14,17-20H,4-5,8-12,26-27H2,(H,28,29)(H,30,35)(H,31,36)(H,32,37)(H,33,34)(H,38,39). The van der Waals surface area contributed by atoms with Gasteiger partial charge in [-0.15, -0.1) is 0 Å². The zero-order valence-electron chi connectivity index (χ0n) is 21.3. The quantitative estimate of drug-likeness (QED) is 0.109. The smallest absolute Gasteiger partial charge is 0.326 e. The Morgan fingerprint density at radius 3 is 2.10 bits per heavy atom. The topological polar surface area (TPSA) is 243 Å². The van der Waals surface area contributed by atoms with Crippen LogP contribution in [-0.4, -0.2) is 80.6 Å². The van der Waals surface area contributed by atoms with Crippen LogP contribution in [0.4, 0.5) is 0 Å². The first-order chi connectivity index (χ1) is 18.6. The number of aromatic amines is 1. The highest BCUT2D eigenvalue weighted by Gasteiger charge is 2.31. The molecule has 14 nitrogen and oxygen atoms in total. The van der Waals surface area contributed by atoms with Crippen LogP contribution in [0.5, 0.6) is 0 Å². The number of hydrogen-bond acceptors (Lipinski definition) is 8. The fourth-order valence-electron chi connectivity index (χ4n) is 3.75. The van der Waals surface area contributed by atoms with Gasteiger partial charge < -0.3 is 42.6 Å². The Hall–Kier alpha value is -4.30. The monoisotopic (exact) mass is 545 g/mol. The molecule has 0 saturated heterocycles. The molecule has 14 heteroatoms. The number of carboxylic acid groups (broad SMARTS) is 2. The van der Waals surface area contributed by atoms with E-state index >= 15 is 0 Å². The number of rotatable bonds is 17. The number of carbonyl (C=O) groups is 5. The van der Waals surface area contributed by atoms with Crippen LogP contribution in [0.3, 0.4) is 0 Å². The van der Waals surface area contributed by atoms with Gasteiger partial charge in [-0.25, -0.2) is 9.78 Å². The molecular weight excluding hydrogens is 510 g/mol. The summed E-state index contributed by atoms with van der Waals surface area (Å²) in [7, 11) is 0. The fraction of sp³-hybridized carbons (Fsp3) is 0.440. The number of aliphatic carboxylic acids is 2. The van der Waals surface area contributed by atoms with E-state index in [1.54, 1.807) is 12.1 Å². The van der Waals surface area contributed by atoms with Crippen molar-refractivity contribution in [3.8, 4) is 0 Å². The van der Waals surface area contributed by atoms with Crippen LogP contribution >= 0.6 is 0 Å². The second-order valence-electron chi connectivity index (χ2n) is 8.98. The van der Waals surface area contributed by atoms with Crippen molar-refractivity contribution in [3.63, 3.8) is 0 Å². The number of H-pyrrole nitrogens is 1. The van der Waals surface area contributed by atoms with Gasteiger partial charge in [0.2, 0.25) is 17.7 Å². The summed E-state index contributed by atoms with van der Waals surface area (Å²) >= 11 is 0. The SMILES string of the molecule is NCCCCC(NC(=O)C(N)Cc1ccccc1)C(=O)NC(CC(=O)O)C(=O)NC(Cc1cnc[nH]1)C(=O)O. The van der Waals surface area contributed by atoms with E-state index in [2.05, 4.69) is 25.9 Å². The molecule has 2 rings (SSSR count). The number of carbonyl (C=O) groups excluding carboxylic acids is 3. The lowest BCUT2D eigenvalue weighted by Gasteiger charge is -2.24. The molecule has 4 unspecified atom stereocenters. The third kappa shape index (κ3) is 10.9. The lowest BCUT2D eigenvalue weighted by molar-refractivity contribution is -0.143. The van der Waals surface area contributed by atoms with Gasteiger partial charge in [0, 0.05) is 18.3 Å². The van der Waals surface area contributed by atoms with Crippen LogP contribution in [0.15, 0.2) is 42.9 Å². The number of hydrogen-bond donors (Lipinski definition) is 8. The first-order valence-electron chi connectivity index (χ1n) is 12.4. The van der Waals surface area contributed by atoms with Crippen LogP contribution in [-0.2, 0) is 36.8 Å². The molecule has 10 N–H and O–H groups in total. The Morgan fingerprint density at radius 2 is 1.51 bits per heavy atom. The summed E-state index contributed by atoms with van der Waals surface area (Å²) in [5, 5.41) is 26.0. The lowest BCUT2D eigenvalue weighted by Crippen LogP contribution is -2.57. The minimum absolute atomic E-state index is 0.147. The summed E-state index contributed by atoms with van der Waals surface area (Å²) in [6, 6.07) is 3.94. The lowest BCUT2D eigenvalue weighted by atomic mass is 10.0. The van der Waals surface area contributed by atoms with Crippen molar-refractivity contribution in [1.82, 2.24) is 25.9 Å². The number of carboxylic acids is 2. The second kappa shape index (κ2) is 15.8. The molecule has 0 saturated carbocycles. The van der Waals surface area contributed by atoms with E-state index < -0.39 is 60.2 Å². The van der Waals surface area contributed by atoms with Gasteiger partial charge in [-0.1, -0.05) is 30.3 Å². The van der Waals surface area contributed by atoms with Gasteiger partial charge in [0.25, 0.3) is 0 Å². The molecule has 1 aromatic heterocycles. The molecule has 0 aliphatic carbocycles. The van der Waals surface area contributed by atoms with E-state index in [0.29, 0.717) is 25.1 Å². The highest BCUT2D eigenvalue weighted by molar-refractivity contribution is 5.95. The summed E-state index contributed by atoms with van der Waals surface area (Å²) in [6.07, 6.45) is 3.17. The normalized spacial score (nSPS) is 13.9. The molecule has 2 aromatic rings. The van der Waals surface area contributed by atoms with Crippen molar-refractivity contribution >= 4 is 29.7 Å². The maximum absolute atomic E-state index is 13.1. The number of aromatic nitrogens is 2. The van der Waals surface area contributed by atoms with Crippen molar-refractivity contribution in [1.29, 1.82) is 0 Å². The molecule has 1 heterocycles. The van der Waals surface area contributed by atoms with Crippen molar-refractivity contribution in [2.24, 2.45) is 11.5 Å². The molecule has 0 spiro atoms. The Morgan fingerprint density at radius 1 is 0.872 bits per heavy atom. The Bertz CT molecular complexity index is 1100. The predicted molar refractivity (Wildman–Crippen MR) is 139 cm³/mol. The van der Waals surface area contributed by atoms with Crippen molar-refractivity contribution < 1.29 is 34.2 Å². The van der Waals surface area contributed by atoms with Gasteiger partial charge >= 0.3 is 11.9 Å². The summed E-state index contributed by atoms with van der Waals surface area (Å²) in [6.45, 7) is 0.354. The molecule has 0 aliphatic heterocycles. The van der Waals surface area contributed by atoms with E-state index in [9.17, 15) is 34.2 Å². The molecule has 0 aliphatic rings. The van der Waals surface area contributed by atoms with Gasteiger partial charge in [0.15, 0.2) is 0 Å². The van der Waals surface area contributed by atoms with E-state index in [4.69, 9.17) is 11.5 Å². The number of nitrogens with zero attached hydrogens (tertiary/aromatic N) is 1. The molecular formula is C25H35N7O7. The van der Waals surface area contributed by atoms with E-state index in [1.807, 2.05) is 18.2 Å². The molecule has 39 heavy (non-hydrogen) atoms. The molecule has 212 valence electrons. The Kier molecular flexibility index (Phi) is 12.6. The van der Waals surface area contributed by atoms with E-state index in [1.165, 1.54) is 12.5 Å². The van der Waals surface area contributed by atoms with Crippen LogP contribution in [0.2, 0.25) is 0 Å². The van der Waals surface area contributed by atoms with Crippen LogP contribution in [0.25, 0.3) is 0 Å². The fourth-order valence-corrected chi connectivity index (χ4v) is 3.75. The second-order valence-corrected chi connectivity index (χ2v) is 8.98. The number of amides is 3. The van der Waals surface area contributed by atoms with E-state index in [0.717, 1.165) is 5.56 Å². The molecule has 1 aromatic carbocycles. The largest absolute Gasteiger partial charge is 0.481 e. The van der Waals surface area contributed by atoms with Crippen molar-refractivity contribution in [2.75, 3.05) is 6.54 Å². The minimum Gasteiger partial charge on any atom is -0.481 e. The van der Waals surface area contributed by atoms with Gasteiger partial charge in [0.1, 0.15) is 18.1 Å². The molecule has 0 radical (unpaired) electrons. The molecule has 0 bridgehead atoms. The first kappa shape index (κ1) is 30.9. The number of benzene rings is 1. The van der Waals surface area contributed by atoms with Gasteiger partial charge in [-0.2, -0.15) is 0 Å². The van der Waals surface area contributed by atoms with Gasteiger partial charge in [-0.05, 0) is 37.8 Å². The maximum atomic E-state index is 13.1. The van der Waals surface area contributed by atoms with Crippen LogP contribution in [0.1, 0.15) is 36.9 Å². The number of nitrogens with one attached hydrogen (secondary N) is 4. The summed E-state index contributed by atoms with van der Waals surface area (Å²) < 4.78 is 0. The van der Waals surface area contributed by atoms with E-state index in [-0.39, 0.29) is 19.3 Å². The zero-order valence-corrected chi connectivity index (χ0v) is 21.3. The summed E-state index contributed by atoms with van der Waals surface area (Å²) in [4.78, 5) is 68.4. The Labute approximate surface area is 224 Å². The number of unbranched alkanes of at least 4 members (excludes halogenated alkanes) is 1. The van der Waals surface area contributed by atoms with Gasteiger partial charge in [-0.3, -0.25) is 19.2 Å². The van der Waals surface area contributed by atoms with Crippen LogP contribution in [0, 0.1) is 0 Å². The summed E-state index contributed by atoms with van der Waals surface area (Å²) in [5.74, 6) is -5.18. The highest BCUT2D eigenvalue weighted by atomic mass is 16.4.